The van der Waals surface area contributed by atoms with Gasteiger partial charge >= 0.3 is 5.97 Å². The van der Waals surface area contributed by atoms with Crippen molar-refractivity contribution in [2.75, 3.05) is 6.54 Å². The molecule has 1 aromatic rings. The average molecular weight is 237 g/mol. The van der Waals surface area contributed by atoms with Crippen LogP contribution in [0.1, 0.15) is 30.3 Å². The van der Waals surface area contributed by atoms with E-state index in [0.29, 0.717) is 24.6 Å². The van der Waals surface area contributed by atoms with E-state index in [1.807, 2.05) is 6.92 Å². The van der Waals surface area contributed by atoms with Crippen LogP contribution in [-0.4, -0.2) is 44.4 Å². The van der Waals surface area contributed by atoms with Crippen LogP contribution in [0.4, 0.5) is 0 Å². The lowest BCUT2D eigenvalue weighted by molar-refractivity contribution is -0.144. The molecule has 1 aliphatic heterocycles. The maximum atomic E-state index is 12.1. The Labute approximate surface area is 98.7 Å². The van der Waals surface area contributed by atoms with Crippen molar-refractivity contribution in [3.8, 4) is 0 Å². The van der Waals surface area contributed by atoms with Crippen LogP contribution >= 0.6 is 0 Å². The number of nitrogens with zero attached hydrogens (tertiary/aromatic N) is 2. The molecular formula is C11H15N3O3. The van der Waals surface area contributed by atoms with Crippen molar-refractivity contribution in [3.63, 3.8) is 0 Å². The molecule has 92 valence electrons. The van der Waals surface area contributed by atoms with Gasteiger partial charge in [0, 0.05) is 6.54 Å². The van der Waals surface area contributed by atoms with E-state index in [2.05, 4.69) is 9.97 Å². The highest BCUT2D eigenvalue weighted by Crippen LogP contribution is 2.23. The van der Waals surface area contributed by atoms with Gasteiger partial charge in [0.15, 0.2) is 0 Å². The van der Waals surface area contributed by atoms with Crippen molar-refractivity contribution in [3.05, 3.63) is 18.2 Å². The molecule has 0 aromatic carbocycles. The molecule has 1 amide bonds. The van der Waals surface area contributed by atoms with Crippen LogP contribution in [0.25, 0.3) is 0 Å². The third kappa shape index (κ3) is 2.30. The normalized spacial score (nSPS) is 24.6. The summed E-state index contributed by atoms with van der Waals surface area (Å²) in [5.74, 6) is -0.895. The summed E-state index contributed by atoms with van der Waals surface area (Å²) in [6.45, 7) is 2.49. The molecule has 6 heteroatoms. The molecule has 1 fully saturated rings. The molecular weight excluding hydrogens is 222 g/mol. The van der Waals surface area contributed by atoms with Gasteiger partial charge in [0.1, 0.15) is 11.7 Å². The van der Waals surface area contributed by atoms with Gasteiger partial charge in [-0.3, -0.25) is 4.79 Å². The lowest BCUT2D eigenvalue weighted by Gasteiger charge is -2.35. The molecule has 2 heterocycles. The van der Waals surface area contributed by atoms with Crippen LogP contribution in [0.15, 0.2) is 12.5 Å². The summed E-state index contributed by atoms with van der Waals surface area (Å²) >= 11 is 0. The molecule has 2 atom stereocenters. The molecule has 0 aliphatic carbocycles. The largest absolute Gasteiger partial charge is 0.480 e. The first-order chi connectivity index (χ1) is 8.09. The molecule has 0 spiro atoms. The second-order valence-electron chi connectivity index (χ2n) is 4.45. The zero-order valence-electron chi connectivity index (χ0n) is 9.59. The van der Waals surface area contributed by atoms with Crippen molar-refractivity contribution in [2.24, 2.45) is 5.92 Å². The summed E-state index contributed by atoms with van der Waals surface area (Å²) < 4.78 is 0. The fourth-order valence-electron chi connectivity index (χ4n) is 2.15. The number of likely N-dealkylation sites (tertiary alicyclic amines) is 1. The molecule has 6 nitrogen and oxygen atoms in total. The van der Waals surface area contributed by atoms with E-state index in [4.69, 9.17) is 5.11 Å². The number of H-pyrrole nitrogens is 1. The molecule has 0 saturated carbocycles. The Morgan fingerprint density at radius 3 is 2.94 bits per heavy atom. The Bertz CT molecular complexity index is 416. The molecule has 17 heavy (non-hydrogen) atoms. The van der Waals surface area contributed by atoms with Gasteiger partial charge in [0.05, 0.1) is 12.5 Å². The van der Waals surface area contributed by atoms with Crippen LogP contribution < -0.4 is 0 Å². The first-order valence-corrected chi connectivity index (χ1v) is 5.61. The fourth-order valence-corrected chi connectivity index (χ4v) is 2.15. The Kier molecular flexibility index (Phi) is 3.12. The van der Waals surface area contributed by atoms with Gasteiger partial charge < -0.3 is 15.0 Å². The number of piperidine rings is 1. The summed E-state index contributed by atoms with van der Waals surface area (Å²) in [6, 6.07) is -0.727. The van der Waals surface area contributed by atoms with E-state index in [1.165, 1.54) is 17.4 Å². The molecule has 1 aliphatic rings. The fraction of sp³-hybridized carbons (Fsp3) is 0.545. The van der Waals surface area contributed by atoms with Crippen molar-refractivity contribution in [1.29, 1.82) is 0 Å². The number of carboxylic acids is 1. The average Bonchev–Trinajstić information content (AvgIpc) is 2.81. The van der Waals surface area contributed by atoms with Gasteiger partial charge in [-0.05, 0) is 18.8 Å². The third-order valence-corrected chi connectivity index (χ3v) is 3.14. The highest BCUT2D eigenvalue weighted by Gasteiger charge is 2.35. The van der Waals surface area contributed by atoms with Crippen molar-refractivity contribution in [1.82, 2.24) is 14.9 Å². The highest BCUT2D eigenvalue weighted by molar-refractivity contribution is 5.94. The molecule has 2 rings (SSSR count). The molecule has 1 saturated heterocycles. The number of carboxylic acid groups (broad SMARTS) is 1. The molecule has 2 unspecified atom stereocenters. The van der Waals surface area contributed by atoms with Gasteiger partial charge in [-0.25, -0.2) is 9.78 Å². The van der Waals surface area contributed by atoms with Crippen molar-refractivity contribution < 1.29 is 14.7 Å². The van der Waals surface area contributed by atoms with Crippen LogP contribution in [-0.2, 0) is 4.79 Å². The molecule has 0 bridgehead atoms. The first-order valence-electron chi connectivity index (χ1n) is 5.61. The number of carbonyl (C=O) groups excluding carboxylic acids is 1. The minimum atomic E-state index is -0.940. The van der Waals surface area contributed by atoms with E-state index in [9.17, 15) is 9.59 Å². The number of hydrogen-bond donors (Lipinski definition) is 2. The molecule has 1 aromatic heterocycles. The summed E-state index contributed by atoms with van der Waals surface area (Å²) in [5, 5.41) is 9.15. The maximum Gasteiger partial charge on any atom is 0.326 e. The van der Waals surface area contributed by atoms with E-state index < -0.39 is 12.0 Å². The summed E-state index contributed by atoms with van der Waals surface area (Å²) in [6.07, 6.45) is 4.17. The SMILES string of the molecule is CC1CCN(C(=O)c2cnc[nH]2)C(C(=O)O)C1. The number of rotatable bonds is 2. The predicted molar refractivity (Wildman–Crippen MR) is 59.4 cm³/mol. The standard InChI is InChI=1S/C11H15N3O3/c1-7-2-3-14(9(4-7)11(16)17)10(15)8-5-12-6-13-8/h5-7,9H,2-4H2,1H3,(H,12,13)(H,16,17). The van der Waals surface area contributed by atoms with E-state index in [1.54, 1.807) is 0 Å². The Balaban J connectivity index is 2.18. The zero-order valence-corrected chi connectivity index (χ0v) is 9.59. The summed E-state index contributed by atoms with van der Waals surface area (Å²) in [7, 11) is 0. The van der Waals surface area contributed by atoms with Gasteiger partial charge in [-0.2, -0.15) is 0 Å². The number of imidazole rings is 1. The Hall–Kier alpha value is -1.85. The number of aliphatic carboxylic acids is 1. The minimum Gasteiger partial charge on any atom is -0.480 e. The number of aromatic amines is 1. The number of aromatic nitrogens is 2. The van der Waals surface area contributed by atoms with Crippen molar-refractivity contribution in [2.45, 2.75) is 25.8 Å². The number of hydrogen-bond acceptors (Lipinski definition) is 3. The topological polar surface area (TPSA) is 86.3 Å². The molecule has 0 radical (unpaired) electrons. The third-order valence-electron chi connectivity index (χ3n) is 3.14. The highest BCUT2D eigenvalue weighted by atomic mass is 16.4. The number of nitrogens with one attached hydrogen (secondary N) is 1. The number of amides is 1. The monoisotopic (exact) mass is 237 g/mol. The van der Waals surface area contributed by atoms with E-state index in [-0.39, 0.29) is 5.91 Å². The van der Waals surface area contributed by atoms with E-state index >= 15 is 0 Å². The van der Waals surface area contributed by atoms with Gasteiger partial charge in [0.2, 0.25) is 0 Å². The maximum absolute atomic E-state index is 12.1. The van der Waals surface area contributed by atoms with Crippen molar-refractivity contribution >= 4 is 11.9 Å². The lowest BCUT2D eigenvalue weighted by Crippen LogP contribution is -2.49. The Morgan fingerprint density at radius 1 is 1.59 bits per heavy atom. The van der Waals surface area contributed by atoms with Crippen LogP contribution in [0.5, 0.6) is 0 Å². The van der Waals surface area contributed by atoms with Crippen LogP contribution in [0.2, 0.25) is 0 Å². The summed E-state index contributed by atoms with van der Waals surface area (Å²) in [4.78, 5) is 31.1. The van der Waals surface area contributed by atoms with Crippen LogP contribution in [0.3, 0.4) is 0 Å². The minimum absolute atomic E-state index is 0.290. The smallest absolute Gasteiger partial charge is 0.326 e. The zero-order chi connectivity index (χ0) is 12.4. The van der Waals surface area contributed by atoms with Gasteiger partial charge in [-0.15, -0.1) is 0 Å². The number of carbonyl (C=O) groups is 2. The first kappa shape index (κ1) is 11.6. The Morgan fingerprint density at radius 2 is 2.35 bits per heavy atom. The van der Waals surface area contributed by atoms with Gasteiger partial charge in [0.25, 0.3) is 5.91 Å². The molecule has 2 N–H and O–H groups in total. The van der Waals surface area contributed by atoms with E-state index in [0.717, 1.165) is 6.42 Å². The van der Waals surface area contributed by atoms with Gasteiger partial charge in [-0.1, -0.05) is 6.92 Å². The lowest BCUT2D eigenvalue weighted by atomic mass is 9.92. The second-order valence-corrected chi connectivity index (χ2v) is 4.45. The quantitative estimate of drug-likeness (QED) is 0.794. The second kappa shape index (κ2) is 4.57. The predicted octanol–water partition coefficient (Wildman–Crippen LogP) is 0.735. The summed E-state index contributed by atoms with van der Waals surface area (Å²) in [5.41, 5.74) is 0.339. The van der Waals surface area contributed by atoms with Crippen LogP contribution in [0, 0.1) is 5.92 Å².